The van der Waals surface area contributed by atoms with Crippen molar-refractivity contribution < 1.29 is 24.6 Å². The van der Waals surface area contributed by atoms with Crippen LogP contribution in [0.5, 0.6) is 0 Å². The van der Waals surface area contributed by atoms with Gasteiger partial charge in [0, 0.05) is 24.1 Å². The molecule has 3 N–H and O–H groups in total. The lowest BCUT2D eigenvalue weighted by Crippen LogP contribution is -2.52. The van der Waals surface area contributed by atoms with Crippen molar-refractivity contribution in [1.82, 2.24) is 10.2 Å². The molecule has 0 radical (unpaired) electrons. The van der Waals surface area contributed by atoms with Crippen LogP contribution < -0.4 is 5.32 Å². The van der Waals surface area contributed by atoms with E-state index in [2.05, 4.69) is 17.2 Å². The highest BCUT2D eigenvalue weighted by Gasteiger charge is 2.38. The number of imide groups is 1. The Bertz CT molecular complexity index is 759. The second kappa shape index (κ2) is 5.83. The second-order valence-corrected chi connectivity index (χ2v) is 5.41. The van der Waals surface area contributed by atoms with Crippen molar-refractivity contribution in [1.29, 1.82) is 0 Å². The summed E-state index contributed by atoms with van der Waals surface area (Å²) in [6.45, 7) is 0.262. The fourth-order valence-electron chi connectivity index (χ4n) is 2.80. The molecule has 23 heavy (non-hydrogen) atoms. The second-order valence-electron chi connectivity index (χ2n) is 5.41. The molecule has 2 heterocycles. The van der Waals surface area contributed by atoms with Crippen LogP contribution in [0.4, 0.5) is 0 Å². The fourth-order valence-corrected chi connectivity index (χ4v) is 2.80. The third-order valence-corrected chi connectivity index (χ3v) is 3.87. The molecule has 3 rings (SSSR count). The van der Waals surface area contributed by atoms with Gasteiger partial charge in [-0.05, 0) is 36.1 Å². The zero-order valence-electron chi connectivity index (χ0n) is 12.1. The van der Waals surface area contributed by atoms with E-state index in [1.165, 1.54) is 4.90 Å². The number of hydrogen-bond acceptors (Lipinski definition) is 5. The Morgan fingerprint density at radius 3 is 2.74 bits per heavy atom. The molecule has 2 aliphatic rings. The predicted molar refractivity (Wildman–Crippen MR) is 77.6 cm³/mol. The summed E-state index contributed by atoms with van der Waals surface area (Å²) in [6.07, 6.45) is -1.19. The topological polar surface area (TPSA) is 107 Å². The molecule has 7 nitrogen and oxygen atoms in total. The normalized spacial score (nSPS) is 20.2. The Kier molecular flexibility index (Phi) is 3.86. The average Bonchev–Trinajstić information content (AvgIpc) is 2.82. The van der Waals surface area contributed by atoms with Gasteiger partial charge in [-0.2, -0.15) is 0 Å². The van der Waals surface area contributed by atoms with Gasteiger partial charge in [0.15, 0.2) is 0 Å². The number of carbonyl (C=O) groups excluding carboxylic acids is 3. The van der Waals surface area contributed by atoms with E-state index in [-0.39, 0.29) is 24.8 Å². The van der Waals surface area contributed by atoms with Crippen LogP contribution in [0.2, 0.25) is 0 Å². The minimum atomic E-state index is -1.72. The molecule has 0 bridgehead atoms. The van der Waals surface area contributed by atoms with Crippen LogP contribution in [0, 0.1) is 11.8 Å². The van der Waals surface area contributed by atoms with E-state index in [9.17, 15) is 14.4 Å². The van der Waals surface area contributed by atoms with Crippen LogP contribution in [-0.4, -0.2) is 45.2 Å². The molecule has 1 aromatic rings. The molecule has 2 aliphatic heterocycles. The van der Waals surface area contributed by atoms with E-state index in [4.69, 9.17) is 10.2 Å². The summed E-state index contributed by atoms with van der Waals surface area (Å²) in [4.78, 5) is 37.0. The first kappa shape index (κ1) is 15.2. The largest absolute Gasteiger partial charge is 0.358 e. The number of carbonyl (C=O) groups is 3. The molecule has 0 saturated carbocycles. The zero-order chi connectivity index (χ0) is 16.6. The molecule has 118 valence electrons. The van der Waals surface area contributed by atoms with Gasteiger partial charge in [0.2, 0.25) is 18.1 Å². The molecule has 7 heteroatoms. The lowest BCUT2D eigenvalue weighted by molar-refractivity contribution is -0.136. The Balaban J connectivity index is 1.83. The molecule has 0 spiro atoms. The van der Waals surface area contributed by atoms with E-state index >= 15 is 0 Å². The summed E-state index contributed by atoms with van der Waals surface area (Å²) in [6, 6.07) is 4.26. The lowest BCUT2D eigenvalue weighted by atomic mass is 10.0. The summed E-state index contributed by atoms with van der Waals surface area (Å²) in [5, 5.41) is 19.8. The van der Waals surface area contributed by atoms with Gasteiger partial charge in [-0.1, -0.05) is 5.92 Å². The minimum absolute atomic E-state index is 0.210. The van der Waals surface area contributed by atoms with Gasteiger partial charge in [-0.3, -0.25) is 19.7 Å². The molecule has 3 amide bonds. The molecule has 1 unspecified atom stereocenters. The van der Waals surface area contributed by atoms with Gasteiger partial charge in [0.1, 0.15) is 6.04 Å². The quantitative estimate of drug-likeness (QED) is 0.354. The maximum Gasteiger partial charge on any atom is 0.255 e. The van der Waals surface area contributed by atoms with Crippen LogP contribution in [0.1, 0.15) is 34.3 Å². The standard InChI is InChI=1S/C16H14N2O5/c19-13-5-4-12(15(22)17-13)18-8-10-7-9(2-6-14(20)21)1-3-11(10)16(18)23/h1,3,7,12,14,20-21H,4-5,8H2,(H,17,19,22). The number of aliphatic hydroxyl groups excluding tert-OH is 1. The number of rotatable bonds is 1. The molecular weight excluding hydrogens is 300 g/mol. The van der Waals surface area contributed by atoms with Crippen molar-refractivity contribution in [2.24, 2.45) is 0 Å². The average molecular weight is 314 g/mol. The number of aliphatic hydroxyl groups is 2. The third-order valence-electron chi connectivity index (χ3n) is 3.87. The van der Waals surface area contributed by atoms with Gasteiger partial charge in [-0.25, -0.2) is 0 Å². The number of amides is 3. The fraction of sp³-hybridized carbons (Fsp3) is 0.312. The molecule has 1 fully saturated rings. The monoisotopic (exact) mass is 314 g/mol. The Labute approximate surface area is 131 Å². The van der Waals surface area contributed by atoms with Gasteiger partial charge in [0.05, 0.1) is 0 Å². The molecule has 1 atom stereocenters. The Morgan fingerprint density at radius 2 is 2.04 bits per heavy atom. The van der Waals surface area contributed by atoms with E-state index in [0.29, 0.717) is 17.5 Å². The summed E-state index contributed by atoms with van der Waals surface area (Å²) >= 11 is 0. The van der Waals surface area contributed by atoms with Crippen molar-refractivity contribution in [2.75, 3.05) is 0 Å². The van der Waals surface area contributed by atoms with Crippen molar-refractivity contribution >= 4 is 17.7 Å². The first-order valence-electron chi connectivity index (χ1n) is 7.11. The van der Waals surface area contributed by atoms with Gasteiger partial charge in [-0.15, -0.1) is 0 Å². The van der Waals surface area contributed by atoms with Gasteiger partial charge in [0.25, 0.3) is 5.91 Å². The predicted octanol–water partition coefficient (Wildman–Crippen LogP) is -0.890. The Morgan fingerprint density at radius 1 is 1.26 bits per heavy atom. The maximum atomic E-state index is 12.4. The van der Waals surface area contributed by atoms with E-state index in [0.717, 1.165) is 5.56 Å². The van der Waals surface area contributed by atoms with Crippen LogP contribution >= 0.6 is 0 Å². The van der Waals surface area contributed by atoms with Crippen molar-refractivity contribution in [2.45, 2.75) is 31.7 Å². The summed E-state index contributed by atoms with van der Waals surface area (Å²) in [7, 11) is 0. The molecule has 0 aromatic heterocycles. The Hall–Kier alpha value is -2.69. The number of benzene rings is 1. The van der Waals surface area contributed by atoms with Crippen LogP contribution in [0.15, 0.2) is 18.2 Å². The minimum Gasteiger partial charge on any atom is -0.358 e. The number of fused-ring (bicyclic) bond motifs is 1. The lowest BCUT2D eigenvalue weighted by Gasteiger charge is -2.29. The van der Waals surface area contributed by atoms with Crippen LogP contribution in [-0.2, 0) is 16.1 Å². The number of nitrogens with one attached hydrogen (secondary N) is 1. The summed E-state index contributed by atoms with van der Waals surface area (Å²) < 4.78 is 0. The molecule has 0 aliphatic carbocycles. The van der Waals surface area contributed by atoms with Crippen LogP contribution in [0.25, 0.3) is 0 Å². The highest BCUT2D eigenvalue weighted by atomic mass is 16.5. The first-order valence-corrected chi connectivity index (χ1v) is 7.11. The zero-order valence-corrected chi connectivity index (χ0v) is 12.1. The highest BCUT2D eigenvalue weighted by Crippen LogP contribution is 2.27. The van der Waals surface area contributed by atoms with Crippen molar-refractivity contribution in [3.8, 4) is 11.8 Å². The number of nitrogens with zero attached hydrogens (tertiary/aromatic N) is 1. The smallest absolute Gasteiger partial charge is 0.255 e. The first-order chi connectivity index (χ1) is 11.0. The van der Waals surface area contributed by atoms with E-state index < -0.39 is 18.2 Å². The summed E-state index contributed by atoms with van der Waals surface area (Å²) in [5.41, 5.74) is 1.76. The van der Waals surface area contributed by atoms with Gasteiger partial charge < -0.3 is 15.1 Å². The molecular formula is C16H14N2O5. The highest BCUT2D eigenvalue weighted by molar-refractivity contribution is 6.05. The number of hydrogen-bond donors (Lipinski definition) is 3. The van der Waals surface area contributed by atoms with Crippen molar-refractivity contribution in [3.05, 3.63) is 34.9 Å². The van der Waals surface area contributed by atoms with Crippen molar-refractivity contribution in [3.63, 3.8) is 0 Å². The maximum absolute atomic E-state index is 12.4. The molecule has 1 aromatic carbocycles. The van der Waals surface area contributed by atoms with E-state index in [1.54, 1.807) is 18.2 Å². The van der Waals surface area contributed by atoms with Gasteiger partial charge >= 0.3 is 0 Å². The molecule has 1 saturated heterocycles. The summed E-state index contributed by atoms with van der Waals surface area (Å²) in [5.74, 6) is 3.78. The SMILES string of the molecule is O=C1CCC(N2Cc3cc(C#CC(O)O)ccc3C2=O)C(=O)N1. The third kappa shape index (κ3) is 2.95. The number of piperidine rings is 1. The van der Waals surface area contributed by atoms with Crippen LogP contribution in [0.3, 0.4) is 0 Å². The van der Waals surface area contributed by atoms with E-state index in [1.807, 2.05) is 0 Å².